The summed E-state index contributed by atoms with van der Waals surface area (Å²) < 4.78 is 10.3. The Bertz CT molecular complexity index is 579. The normalized spacial score (nSPS) is 11.3. The molecule has 1 N–H and O–H groups in total. The minimum atomic E-state index is -0.578. The van der Waals surface area contributed by atoms with Crippen LogP contribution in [0.4, 0.5) is 10.5 Å². The average Bonchev–Trinajstić information content (AvgIpc) is 2.48. The van der Waals surface area contributed by atoms with E-state index < -0.39 is 11.7 Å². The van der Waals surface area contributed by atoms with Crippen LogP contribution in [0.1, 0.15) is 45.0 Å². The van der Waals surface area contributed by atoms with Gasteiger partial charge < -0.3 is 14.4 Å². The second kappa shape index (κ2) is 9.42. The third-order valence-corrected chi connectivity index (χ3v) is 3.19. The molecule has 1 rings (SSSR count). The molecule has 1 aromatic rings. The van der Waals surface area contributed by atoms with E-state index in [1.54, 1.807) is 57.0 Å². The first-order chi connectivity index (χ1) is 11.6. The van der Waals surface area contributed by atoms with Crippen LogP contribution in [0.15, 0.2) is 24.3 Å². The van der Waals surface area contributed by atoms with Gasteiger partial charge in [0.1, 0.15) is 5.60 Å². The summed E-state index contributed by atoms with van der Waals surface area (Å²) in [7, 11) is 1.61. The summed E-state index contributed by atoms with van der Waals surface area (Å²) in [6.07, 6.45) is -0.546. The van der Waals surface area contributed by atoms with Crippen LogP contribution in [0, 0.1) is 5.92 Å². The maximum atomic E-state index is 12.8. The van der Waals surface area contributed by atoms with E-state index in [0.717, 1.165) is 0 Å². The number of methoxy groups -OCH3 is 1. The van der Waals surface area contributed by atoms with Gasteiger partial charge >= 0.3 is 6.09 Å². The number of amides is 2. The van der Waals surface area contributed by atoms with Gasteiger partial charge in [0.25, 0.3) is 5.91 Å². The van der Waals surface area contributed by atoms with Crippen molar-refractivity contribution in [2.24, 2.45) is 5.92 Å². The predicted octanol–water partition coefficient (Wildman–Crippen LogP) is 3.78. The van der Waals surface area contributed by atoms with Crippen molar-refractivity contribution >= 4 is 17.7 Å². The fourth-order valence-corrected chi connectivity index (χ4v) is 2.25. The summed E-state index contributed by atoms with van der Waals surface area (Å²) in [5, 5.41) is 2.66. The van der Waals surface area contributed by atoms with Crippen LogP contribution in [0.2, 0.25) is 0 Å². The molecule has 0 fully saturated rings. The first-order valence-electron chi connectivity index (χ1n) is 8.50. The van der Waals surface area contributed by atoms with Crippen molar-refractivity contribution in [1.82, 2.24) is 4.90 Å². The SMILES string of the molecule is COCCN(CC(C)C)C(=O)c1cccc(NC(=O)OC(C)(C)C)c1. The molecule has 0 bridgehead atoms. The summed E-state index contributed by atoms with van der Waals surface area (Å²) in [6.45, 7) is 11.2. The average molecular weight is 350 g/mol. The summed E-state index contributed by atoms with van der Waals surface area (Å²) in [6, 6.07) is 6.86. The molecule has 0 aromatic heterocycles. The quantitative estimate of drug-likeness (QED) is 0.812. The smallest absolute Gasteiger partial charge is 0.412 e. The third-order valence-electron chi connectivity index (χ3n) is 3.19. The van der Waals surface area contributed by atoms with Crippen molar-refractivity contribution in [3.8, 4) is 0 Å². The van der Waals surface area contributed by atoms with Gasteiger partial charge in [0, 0.05) is 31.5 Å². The molecule has 1 aromatic carbocycles. The molecule has 0 saturated heterocycles. The molecule has 0 unspecified atom stereocenters. The monoisotopic (exact) mass is 350 g/mol. The van der Waals surface area contributed by atoms with Gasteiger partial charge in [-0.3, -0.25) is 10.1 Å². The van der Waals surface area contributed by atoms with E-state index in [4.69, 9.17) is 9.47 Å². The number of anilines is 1. The highest BCUT2D eigenvalue weighted by atomic mass is 16.6. The number of hydrogen-bond acceptors (Lipinski definition) is 4. The van der Waals surface area contributed by atoms with Crippen LogP contribution in [0.3, 0.4) is 0 Å². The first kappa shape index (κ1) is 21.0. The molecule has 0 saturated carbocycles. The van der Waals surface area contributed by atoms with Gasteiger partial charge in [0.15, 0.2) is 0 Å². The molecule has 0 aliphatic carbocycles. The molecule has 0 atom stereocenters. The second-order valence-electron chi connectivity index (χ2n) is 7.35. The standard InChI is InChI=1S/C19H30N2O4/c1-14(2)13-21(10-11-24-6)17(22)15-8-7-9-16(12-15)20-18(23)25-19(3,4)5/h7-9,12,14H,10-11,13H2,1-6H3,(H,20,23). The van der Waals surface area contributed by atoms with Gasteiger partial charge in [-0.05, 0) is 44.9 Å². The highest BCUT2D eigenvalue weighted by molar-refractivity contribution is 5.96. The van der Waals surface area contributed by atoms with Gasteiger partial charge in [0.2, 0.25) is 0 Å². The maximum Gasteiger partial charge on any atom is 0.412 e. The van der Waals surface area contributed by atoms with Crippen molar-refractivity contribution in [3.63, 3.8) is 0 Å². The molecule has 2 amide bonds. The van der Waals surface area contributed by atoms with E-state index in [1.807, 2.05) is 0 Å². The van der Waals surface area contributed by atoms with Gasteiger partial charge in [-0.1, -0.05) is 19.9 Å². The Morgan fingerprint density at radius 1 is 1.24 bits per heavy atom. The molecule has 0 heterocycles. The van der Waals surface area contributed by atoms with Crippen LogP contribution in [0.5, 0.6) is 0 Å². The zero-order valence-electron chi connectivity index (χ0n) is 16.1. The van der Waals surface area contributed by atoms with Crippen LogP contribution in [0.25, 0.3) is 0 Å². The Labute approximate surface area is 150 Å². The number of nitrogens with zero attached hydrogens (tertiary/aromatic N) is 1. The Kier molecular flexibility index (Phi) is 7.90. The van der Waals surface area contributed by atoms with Crippen LogP contribution in [-0.2, 0) is 9.47 Å². The van der Waals surface area contributed by atoms with Crippen molar-refractivity contribution in [2.45, 2.75) is 40.2 Å². The molecule has 0 aliphatic rings. The Hall–Kier alpha value is -2.08. The molecule has 140 valence electrons. The maximum absolute atomic E-state index is 12.8. The molecule has 25 heavy (non-hydrogen) atoms. The number of ether oxygens (including phenoxy) is 2. The highest BCUT2D eigenvalue weighted by Crippen LogP contribution is 2.16. The van der Waals surface area contributed by atoms with Gasteiger partial charge in [-0.15, -0.1) is 0 Å². The van der Waals surface area contributed by atoms with Crippen LogP contribution < -0.4 is 5.32 Å². The lowest BCUT2D eigenvalue weighted by atomic mass is 10.1. The minimum absolute atomic E-state index is 0.0846. The van der Waals surface area contributed by atoms with E-state index in [1.165, 1.54) is 0 Å². The topological polar surface area (TPSA) is 67.9 Å². The third kappa shape index (κ3) is 8.03. The van der Waals surface area contributed by atoms with Gasteiger partial charge in [0.05, 0.1) is 6.61 Å². The van der Waals surface area contributed by atoms with Crippen molar-refractivity contribution in [3.05, 3.63) is 29.8 Å². The lowest BCUT2D eigenvalue weighted by molar-refractivity contribution is 0.0633. The van der Waals surface area contributed by atoms with Crippen molar-refractivity contribution in [2.75, 3.05) is 32.1 Å². The largest absolute Gasteiger partial charge is 0.444 e. The molecule has 0 radical (unpaired) electrons. The Morgan fingerprint density at radius 2 is 1.92 bits per heavy atom. The molecular weight excluding hydrogens is 320 g/mol. The molecule has 0 spiro atoms. The van der Waals surface area contributed by atoms with E-state index in [-0.39, 0.29) is 5.91 Å². The van der Waals surface area contributed by atoms with E-state index >= 15 is 0 Å². The molecule has 6 heteroatoms. The minimum Gasteiger partial charge on any atom is -0.444 e. The second-order valence-corrected chi connectivity index (χ2v) is 7.35. The molecule has 0 aliphatic heterocycles. The summed E-state index contributed by atoms with van der Waals surface area (Å²) in [5.74, 6) is 0.266. The predicted molar refractivity (Wildman–Crippen MR) is 98.9 cm³/mol. The number of nitrogens with one attached hydrogen (secondary N) is 1. The number of rotatable bonds is 7. The fraction of sp³-hybridized carbons (Fsp3) is 0.579. The number of carbonyl (C=O) groups is 2. The number of hydrogen-bond donors (Lipinski definition) is 1. The number of benzene rings is 1. The zero-order valence-corrected chi connectivity index (χ0v) is 16.1. The van der Waals surface area contributed by atoms with E-state index in [0.29, 0.717) is 36.9 Å². The lowest BCUT2D eigenvalue weighted by Gasteiger charge is -2.24. The fourth-order valence-electron chi connectivity index (χ4n) is 2.25. The zero-order chi connectivity index (χ0) is 19.0. The van der Waals surface area contributed by atoms with Crippen molar-refractivity contribution < 1.29 is 19.1 Å². The van der Waals surface area contributed by atoms with Gasteiger partial charge in [-0.2, -0.15) is 0 Å². The Morgan fingerprint density at radius 3 is 2.48 bits per heavy atom. The summed E-state index contributed by atoms with van der Waals surface area (Å²) in [4.78, 5) is 26.4. The first-order valence-corrected chi connectivity index (χ1v) is 8.50. The number of carbonyl (C=O) groups excluding carboxylic acids is 2. The molecular formula is C19H30N2O4. The highest BCUT2D eigenvalue weighted by Gasteiger charge is 2.19. The van der Waals surface area contributed by atoms with Crippen LogP contribution in [-0.4, -0.2) is 49.3 Å². The van der Waals surface area contributed by atoms with Crippen LogP contribution >= 0.6 is 0 Å². The van der Waals surface area contributed by atoms with E-state index in [9.17, 15) is 9.59 Å². The lowest BCUT2D eigenvalue weighted by Crippen LogP contribution is -2.36. The van der Waals surface area contributed by atoms with Gasteiger partial charge in [-0.25, -0.2) is 4.79 Å². The summed E-state index contributed by atoms with van der Waals surface area (Å²) >= 11 is 0. The molecule has 6 nitrogen and oxygen atoms in total. The summed E-state index contributed by atoms with van der Waals surface area (Å²) in [5.41, 5.74) is 0.466. The van der Waals surface area contributed by atoms with Crippen molar-refractivity contribution in [1.29, 1.82) is 0 Å². The van der Waals surface area contributed by atoms with E-state index in [2.05, 4.69) is 19.2 Å². The Balaban J connectivity index is 2.86.